The Morgan fingerprint density at radius 3 is 0.938 bits per heavy atom. The van der Waals surface area contributed by atoms with Gasteiger partial charge in [-0.05, 0) is 25.3 Å². The summed E-state index contributed by atoms with van der Waals surface area (Å²) in [6, 6.07) is 10.1. The van der Waals surface area contributed by atoms with Gasteiger partial charge in [0.05, 0.1) is 18.9 Å². The van der Waals surface area contributed by atoms with Crippen LogP contribution in [0.1, 0.15) is 237 Å². The average molecular weight is 691 g/mol. The summed E-state index contributed by atoms with van der Waals surface area (Å²) in [7, 11) is -3.21. The van der Waals surface area contributed by atoms with Crippen molar-refractivity contribution in [3.63, 3.8) is 0 Å². The van der Waals surface area contributed by atoms with E-state index < -0.39 is 7.60 Å². The summed E-state index contributed by atoms with van der Waals surface area (Å²) >= 11 is 0. The molecule has 0 fully saturated rings. The second-order valence-corrected chi connectivity index (χ2v) is 17.3. The zero-order valence-corrected chi connectivity index (χ0v) is 33.6. The molecule has 1 aromatic carbocycles. The Bertz CT molecular complexity index is 771. The molecule has 0 heterocycles. The van der Waals surface area contributed by atoms with E-state index in [0.29, 0.717) is 13.2 Å². The van der Waals surface area contributed by atoms with Crippen molar-refractivity contribution < 1.29 is 13.6 Å². The van der Waals surface area contributed by atoms with Gasteiger partial charge < -0.3 is 9.05 Å². The third-order valence-corrected chi connectivity index (χ3v) is 12.6. The molecule has 0 saturated heterocycles. The first-order chi connectivity index (χ1) is 23.6. The predicted octanol–water partition coefficient (Wildman–Crippen LogP) is 16.5. The van der Waals surface area contributed by atoms with Gasteiger partial charge >= 0.3 is 7.60 Å². The molecule has 48 heavy (non-hydrogen) atoms. The van der Waals surface area contributed by atoms with Crippen LogP contribution in [0.4, 0.5) is 0 Å². The summed E-state index contributed by atoms with van der Waals surface area (Å²) < 4.78 is 26.2. The molecule has 0 bridgehead atoms. The minimum absolute atomic E-state index is 0.235. The van der Waals surface area contributed by atoms with E-state index in [0.717, 1.165) is 31.2 Å². The lowest BCUT2D eigenvalue weighted by molar-refractivity contribution is 0.191. The van der Waals surface area contributed by atoms with Crippen molar-refractivity contribution >= 4 is 7.60 Å². The Balaban J connectivity index is 2.10. The molecule has 1 aromatic rings. The molecule has 0 N–H and O–H groups in total. The fourth-order valence-corrected chi connectivity index (χ4v) is 8.69. The molecular weight excluding hydrogens is 607 g/mol. The zero-order valence-electron chi connectivity index (χ0n) is 32.7. The Labute approximate surface area is 301 Å². The van der Waals surface area contributed by atoms with Crippen LogP contribution in [0.25, 0.3) is 0 Å². The first-order valence-corrected chi connectivity index (χ1v) is 23.2. The first-order valence-electron chi connectivity index (χ1n) is 21.6. The summed E-state index contributed by atoms with van der Waals surface area (Å²) in [5.41, 5.74) is 0.806. The first kappa shape index (κ1) is 45.4. The lowest BCUT2D eigenvalue weighted by Gasteiger charge is -2.25. The molecule has 0 spiro atoms. The van der Waals surface area contributed by atoms with Crippen LogP contribution in [0.2, 0.25) is 0 Å². The predicted molar refractivity (Wildman–Crippen MR) is 213 cm³/mol. The van der Waals surface area contributed by atoms with Crippen molar-refractivity contribution in [3.8, 4) is 0 Å². The normalized spacial score (nSPS) is 12.6. The number of benzene rings is 1. The second kappa shape index (κ2) is 34.8. The second-order valence-electron chi connectivity index (χ2n) is 14.9. The molecule has 4 heteroatoms. The number of hydrogen-bond donors (Lipinski definition) is 0. The van der Waals surface area contributed by atoms with Gasteiger partial charge in [0.25, 0.3) is 0 Å². The van der Waals surface area contributed by atoms with Crippen molar-refractivity contribution in [2.45, 2.75) is 232 Å². The van der Waals surface area contributed by atoms with Gasteiger partial charge in [-0.25, -0.2) is 0 Å². The number of hydrogen-bond acceptors (Lipinski definition) is 3. The van der Waals surface area contributed by atoms with Gasteiger partial charge in [-0.1, -0.05) is 237 Å². The lowest BCUT2D eigenvalue weighted by atomic mass is 10.0. The Morgan fingerprint density at radius 1 is 0.417 bits per heavy atom. The van der Waals surface area contributed by atoms with Crippen LogP contribution in [0.5, 0.6) is 0 Å². The molecule has 0 radical (unpaired) electrons. The maximum Gasteiger partial charge on any atom is 0.337 e. The van der Waals surface area contributed by atoms with Gasteiger partial charge in [0.1, 0.15) is 0 Å². The van der Waals surface area contributed by atoms with Gasteiger partial charge in [-0.3, -0.25) is 4.57 Å². The summed E-state index contributed by atoms with van der Waals surface area (Å²) in [5.74, 6) is 0. The van der Waals surface area contributed by atoms with Crippen LogP contribution < -0.4 is 0 Å². The highest BCUT2D eigenvalue weighted by molar-refractivity contribution is 7.54. The smallest absolute Gasteiger partial charge is 0.308 e. The lowest BCUT2D eigenvalue weighted by Crippen LogP contribution is -2.06. The molecule has 0 aliphatic rings. The minimum atomic E-state index is -3.21. The molecule has 0 aliphatic carbocycles. The quantitative estimate of drug-likeness (QED) is 0.0512. The van der Waals surface area contributed by atoms with Crippen molar-refractivity contribution in [3.05, 3.63) is 35.9 Å². The van der Waals surface area contributed by atoms with E-state index in [1.54, 1.807) is 0 Å². The molecule has 1 atom stereocenters. The van der Waals surface area contributed by atoms with Crippen LogP contribution in [0.15, 0.2) is 30.3 Å². The monoisotopic (exact) mass is 691 g/mol. The number of rotatable bonds is 38. The SMILES string of the molecule is CCCCCCCCCCCCCCCCCCOP(=O)(OCCCCCCCCCCCCCCCCCC)C(C)c1ccccc1. The zero-order chi connectivity index (χ0) is 34.6. The van der Waals surface area contributed by atoms with Crippen molar-refractivity contribution in [2.75, 3.05) is 13.2 Å². The fourth-order valence-electron chi connectivity index (χ4n) is 6.86. The van der Waals surface area contributed by atoms with E-state index in [2.05, 4.69) is 13.8 Å². The number of unbranched alkanes of at least 4 members (excludes halogenated alkanes) is 30. The standard InChI is InChI=1S/C44H83O3P/c1-4-6-8-10-12-14-16-18-20-22-24-26-28-30-32-37-41-46-48(45,43(3)44-39-35-34-36-40-44)47-42-38-33-31-29-27-25-23-21-19-17-15-13-11-9-7-5-2/h34-36,39-40,43H,4-33,37-38,41-42H2,1-3H3. The third-order valence-electron chi connectivity index (χ3n) is 10.3. The van der Waals surface area contributed by atoms with E-state index >= 15 is 0 Å². The highest BCUT2D eigenvalue weighted by Gasteiger charge is 2.33. The molecule has 0 saturated carbocycles. The summed E-state index contributed by atoms with van der Waals surface area (Å²) in [5, 5.41) is 0. The minimum Gasteiger partial charge on any atom is -0.308 e. The van der Waals surface area contributed by atoms with E-state index in [4.69, 9.17) is 9.05 Å². The van der Waals surface area contributed by atoms with E-state index in [9.17, 15) is 4.57 Å². The van der Waals surface area contributed by atoms with E-state index in [1.807, 2.05) is 37.3 Å². The van der Waals surface area contributed by atoms with Gasteiger partial charge in [-0.15, -0.1) is 0 Å². The van der Waals surface area contributed by atoms with E-state index in [-0.39, 0.29) is 5.66 Å². The van der Waals surface area contributed by atoms with E-state index in [1.165, 1.54) is 180 Å². The third kappa shape index (κ3) is 27.1. The van der Waals surface area contributed by atoms with Crippen LogP contribution in [-0.4, -0.2) is 13.2 Å². The van der Waals surface area contributed by atoms with Crippen LogP contribution >= 0.6 is 7.60 Å². The largest absolute Gasteiger partial charge is 0.337 e. The fraction of sp³-hybridized carbons (Fsp3) is 0.864. The molecular formula is C44H83O3P. The van der Waals surface area contributed by atoms with Crippen molar-refractivity contribution in [1.29, 1.82) is 0 Å². The molecule has 3 nitrogen and oxygen atoms in total. The van der Waals surface area contributed by atoms with Crippen LogP contribution in [0.3, 0.4) is 0 Å². The Hall–Kier alpha value is -0.630. The maximum atomic E-state index is 14.0. The van der Waals surface area contributed by atoms with Gasteiger partial charge in [0.2, 0.25) is 0 Å². The van der Waals surface area contributed by atoms with Gasteiger partial charge in [0.15, 0.2) is 0 Å². The topological polar surface area (TPSA) is 35.5 Å². The van der Waals surface area contributed by atoms with Gasteiger partial charge in [-0.2, -0.15) is 0 Å². The molecule has 0 aromatic heterocycles. The van der Waals surface area contributed by atoms with Crippen molar-refractivity contribution in [1.82, 2.24) is 0 Å². The highest BCUT2D eigenvalue weighted by atomic mass is 31.2. The Morgan fingerprint density at radius 2 is 0.667 bits per heavy atom. The maximum absolute atomic E-state index is 14.0. The highest BCUT2D eigenvalue weighted by Crippen LogP contribution is 2.61. The summed E-state index contributed by atoms with van der Waals surface area (Å²) in [6.07, 6.45) is 43.2. The molecule has 0 aliphatic heterocycles. The van der Waals surface area contributed by atoms with Crippen LogP contribution in [-0.2, 0) is 13.6 Å². The molecule has 1 rings (SSSR count). The summed E-state index contributed by atoms with van der Waals surface area (Å²) in [4.78, 5) is 0. The van der Waals surface area contributed by atoms with Crippen molar-refractivity contribution in [2.24, 2.45) is 0 Å². The molecule has 282 valence electrons. The molecule has 0 amide bonds. The summed E-state index contributed by atoms with van der Waals surface area (Å²) in [6.45, 7) is 7.66. The van der Waals surface area contributed by atoms with Crippen LogP contribution in [0, 0.1) is 0 Å². The van der Waals surface area contributed by atoms with Gasteiger partial charge in [0, 0.05) is 0 Å². The average Bonchev–Trinajstić information content (AvgIpc) is 3.11. The molecule has 1 unspecified atom stereocenters. The Kier molecular flexibility index (Phi) is 32.9.